The molecule has 0 bridgehead atoms. The third-order valence-corrected chi connectivity index (χ3v) is 9.52. The molecule has 0 saturated carbocycles. The number of halogens is 1. The molecule has 3 aromatic rings. The maximum Gasteiger partial charge on any atom is 0.269 e. The van der Waals surface area contributed by atoms with Gasteiger partial charge in [-0.3, -0.25) is 4.79 Å². The van der Waals surface area contributed by atoms with Crippen molar-refractivity contribution in [2.75, 3.05) is 30.9 Å². The van der Waals surface area contributed by atoms with Crippen molar-refractivity contribution in [1.29, 1.82) is 0 Å². The van der Waals surface area contributed by atoms with Crippen molar-refractivity contribution < 1.29 is 31.6 Å². The van der Waals surface area contributed by atoms with Gasteiger partial charge in [0, 0.05) is 31.4 Å². The van der Waals surface area contributed by atoms with E-state index in [2.05, 4.69) is 24.8 Å². The Morgan fingerprint density at radius 2 is 1.79 bits per heavy atom. The largest absolute Gasteiger partial charge is 0.374 e. The molecule has 0 spiro atoms. The number of ether oxygens (including phenoxy) is 2. The SMILES string of the molecule is Cc1noc(N(COCC[Si](C)(C)C)S(=O)(=O)c2ccccc2-c2ccc(C=O)cc2COCCF)c1C. The number of carbonyl (C=O) groups is 1. The van der Waals surface area contributed by atoms with Crippen LogP contribution in [0.15, 0.2) is 51.9 Å². The quantitative estimate of drug-likeness (QED) is 0.107. The molecule has 11 heteroatoms. The Labute approximate surface area is 224 Å². The lowest BCUT2D eigenvalue weighted by molar-refractivity contribution is 0.106. The van der Waals surface area contributed by atoms with E-state index in [1.807, 2.05) is 0 Å². The first-order valence-corrected chi connectivity index (χ1v) is 17.5. The van der Waals surface area contributed by atoms with Crippen molar-refractivity contribution in [3.63, 3.8) is 0 Å². The number of alkyl halides is 1. The van der Waals surface area contributed by atoms with Gasteiger partial charge in [0.05, 0.1) is 23.8 Å². The number of anilines is 1. The van der Waals surface area contributed by atoms with E-state index in [0.717, 1.165) is 10.3 Å². The average molecular weight is 563 g/mol. The van der Waals surface area contributed by atoms with Gasteiger partial charge < -0.3 is 14.0 Å². The van der Waals surface area contributed by atoms with Crippen LogP contribution in [-0.4, -0.2) is 54.6 Å². The number of aromatic nitrogens is 1. The molecule has 0 aliphatic heterocycles. The molecule has 1 heterocycles. The molecule has 1 aromatic heterocycles. The van der Waals surface area contributed by atoms with Gasteiger partial charge >= 0.3 is 0 Å². The maximum atomic E-state index is 14.2. The fourth-order valence-electron chi connectivity index (χ4n) is 3.74. The van der Waals surface area contributed by atoms with Crippen LogP contribution in [0.2, 0.25) is 25.7 Å². The van der Waals surface area contributed by atoms with Crippen LogP contribution in [0.4, 0.5) is 10.3 Å². The zero-order valence-electron chi connectivity index (χ0n) is 22.5. The van der Waals surface area contributed by atoms with Gasteiger partial charge in [-0.2, -0.15) is 0 Å². The molecule has 0 fully saturated rings. The molecule has 0 aliphatic carbocycles. The van der Waals surface area contributed by atoms with Gasteiger partial charge in [0.2, 0.25) is 5.88 Å². The summed E-state index contributed by atoms with van der Waals surface area (Å²) in [5.41, 5.74) is 3.10. The number of aldehydes is 1. The van der Waals surface area contributed by atoms with E-state index < -0.39 is 24.8 Å². The van der Waals surface area contributed by atoms with Gasteiger partial charge in [-0.05, 0) is 43.2 Å². The molecular formula is C27H35FN2O6SSi. The molecule has 0 N–H and O–H groups in total. The van der Waals surface area contributed by atoms with Crippen molar-refractivity contribution in [1.82, 2.24) is 5.16 Å². The molecule has 206 valence electrons. The minimum absolute atomic E-state index is 0.0131. The van der Waals surface area contributed by atoms with Crippen molar-refractivity contribution in [3.05, 3.63) is 64.8 Å². The first-order chi connectivity index (χ1) is 18.0. The first-order valence-electron chi connectivity index (χ1n) is 12.3. The molecule has 0 radical (unpaired) electrons. The van der Waals surface area contributed by atoms with Gasteiger partial charge in [0.1, 0.15) is 19.7 Å². The van der Waals surface area contributed by atoms with Crippen LogP contribution >= 0.6 is 0 Å². The second-order valence-corrected chi connectivity index (χ2v) is 17.6. The normalized spacial score (nSPS) is 12.1. The number of hydrogen-bond acceptors (Lipinski definition) is 7. The molecule has 0 saturated heterocycles. The predicted molar refractivity (Wildman–Crippen MR) is 148 cm³/mol. The van der Waals surface area contributed by atoms with Crippen molar-refractivity contribution in [2.45, 2.75) is 51.0 Å². The Morgan fingerprint density at radius 1 is 1.05 bits per heavy atom. The monoisotopic (exact) mass is 562 g/mol. The molecule has 0 unspecified atom stereocenters. The highest BCUT2D eigenvalue weighted by Gasteiger charge is 2.33. The van der Waals surface area contributed by atoms with Gasteiger partial charge in [-0.15, -0.1) is 0 Å². The van der Waals surface area contributed by atoms with Gasteiger partial charge in [0.15, 0.2) is 0 Å². The topological polar surface area (TPSA) is 98.9 Å². The summed E-state index contributed by atoms with van der Waals surface area (Å²) >= 11 is 0. The predicted octanol–water partition coefficient (Wildman–Crippen LogP) is 5.76. The number of carbonyl (C=O) groups excluding carboxylic acids is 1. The highest BCUT2D eigenvalue weighted by atomic mass is 32.2. The van der Waals surface area contributed by atoms with E-state index in [1.165, 1.54) is 6.07 Å². The van der Waals surface area contributed by atoms with Crippen LogP contribution in [0.1, 0.15) is 27.2 Å². The summed E-state index contributed by atoms with van der Waals surface area (Å²) in [7, 11) is -5.60. The number of nitrogens with zero attached hydrogens (tertiary/aromatic N) is 2. The smallest absolute Gasteiger partial charge is 0.269 e. The van der Waals surface area contributed by atoms with Crippen molar-refractivity contribution in [2.24, 2.45) is 0 Å². The summed E-state index contributed by atoms with van der Waals surface area (Å²) in [5.74, 6) is 0.0908. The Bertz CT molecular complexity index is 1350. The number of hydrogen-bond donors (Lipinski definition) is 0. The summed E-state index contributed by atoms with van der Waals surface area (Å²) in [4.78, 5) is 11.4. The van der Waals surface area contributed by atoms with Crippen LogP contribution in [0.25, 0.3) is 11.1 Å². The summed E-state index contributed by atoms with van der Waals surface area (Å²) in [5, 5.41) is 3.96. The molecule has 0 amide bonds. The minimum Gasteiger partial charge on any atom is -0.374 e. The Balaban J connectivity index is 2.08. The highest BCUT2D eigenvalue weighted by Crippen LogP contribution is 2.35. The van der Waals surface area contributed by atoms with Crippen LogP contribution in [0.5, 0.6) is 0 Å². The highest BCUT2D eigenvalue weighted by molar-refractivity contribution is 7.93. The van der Waals surface area contributed by atoms with E-state index in [-0.39, 0.29) is 30.7 Å². The van der Waals surface area contributed by atoms with Crippen LogP contribution in [-0.2, 0) is 26.1 Å². The summed E-state index contributed by atoms with van der Waals surface area (Å²) in [6.45, 7) is 9.56. The Morgan fingerprint density at radius 3 is 2.42 bits per heavy atom. The van der Waals surface area contributed by atoms with Gasteiger partial charge in [-0.1, -0.05) is 55.1 Å². The third kappa shape index (κ3) is 7.16. The first kappa shape index (κ1) is 29.7. The lowest BCUT2D eigenvalue weighted by atomic mass is 9.98. The Hall–Kier alpha value is -2.86. The molecule has 0 aliphatic rings. The fraction of sp³-hybridized carbons (Fsp3) is 0.407. The summed E-state index contributed by atoms with van der Waals surface area (Å²) in [6.07, 6.45) is 0.694. The second kappa shape index (κ2) is 12.8. The summed E-state index contributed by atoms with van der Waals surface area (Å²) in [6, 6.07) is 12.3. The maximum absolute atomic E-state index is 14.2. The van der Waals surface area contributed by atoms with Crippen LogP contribution in [0.3, 0.4) is 0 Å². The van der Waals surface area contributed by atoms with Crippen molar-refractivity contribution in [3.8, 4) is 11.1 Å². The lowest BCUT2D eigenvalue weighted by Gasteiger charge is -2.24. The van der Waals surface area contributed by atoms with Crippen molar-refractivity contribution >= 4 is 30.3 Å². The van der Waals surface area contributed by atoms with E-state index in [9.17, 15) is 17.6 Å². The van der Waals surface area contributed by atoms with E-state index in [4.69, 9.17) is 14.0 Å². The van der Waals surface area contributed by atoms with Crippen LogP contribution < -0.4 is 4.31 Å². The number of aryl methyl sites for hydroxylation is 1. The van der Waals surface area contributed by atoms with E-state index >= 15 is 0 Å². The lowest BCUT2D eigenvalue weighted by Crippen LogP contribution is -2.34. The number of benzene rings is 2. The molecule has 0 atom stereocenters. The minimum atomic E-state index is -4.20. The average Bonchev–Trinajstić information content (AvgIpc) is 3.20. The molecule has 2 aromatic carbocycles. The molecule has 3 rings (SSSR count). The molecule has 38 heavy (non-hydrogen) atoms. The van der Waals surface area contributed by atoms with E-state index in [0.29, 0.717) is 46.4 Å². The number of sulfonamides is 1. The standard InChI is InChI=1S/C27H35FN2O6SSi/c1-20-21(2)29-36-27(20)30(19-35-14-15-38(3,4)5)37(32,33)26-9-7-6-8-25(26)24-11-10-22(17-31)16-23(24)18-34-13-12-28/h6-11,16-17H,12-15,18-19H2,1-5H3. The van der Waals surface area contributed by atoms with Gasteiger partial charge in [-0.25, -0.2) is 17.1 Å². The fourth-order valence-corrected chi connectivity index (χ4v) is 6.04. The van der Waals surface area contributed by atoms with Crippen LogP contribution in [0, 0.1) is 13.8 Å². The zero-order valence-corrected chi connectivity index (χ0v) is 24.3. The zero-order chi connectivity index (χ0) is 27.9. The second-order valence-electron chi connectivity index (χ2n) is 10.2. The van der Waals surface area contributed by atoms with Gasteiger partial charge in [0.25, 0.3) is 10.0 Å². The molecule has 8 nitrogen and oxygen atoms in total. The van der Waals surface area contributed by atoms with E-state index in [1.54, 1.807) is 50.2 Å². The summed E-state index contributed by atoms with van der Waals surface area (Å²) < 4.78 is 58.9. The third-order valence-electron chi connectivity index (χ3n) is 6.05. The number of rotatable bonds is 14. The Kier molecular flexibility index (Phi) is 9.99. The molecular weight excluding hydrogens is 527 g/mol.